The molecule has 0 aromatic heterocycles. The zero-order valence-electron chi connectivity index (χ0n) is 10.1. The van der Waals surface area contributed by atoms with Gasteiger partial charge in [0.2, 0.25) is 5.91 Å². The first-order chi connectivity index (χ1) is 7.47. The number of amides is 1. The minimum atomic E-state index is -0.429. The molecule has 92 valence electrons. The molecule has 1 fully saturated rings. The SMILES string of the molecule is COC(=O)CNC(=O)C1NCCCC1(C)C. The summed E-state index contributed by atoms with van der Waals surface area (Å²) >= 11 is 0. The summed E-state index contributed by atoms with van der Waals surface area (Å²) < 4.78 is 4.47. The molecule has 16 heavy (non-hydrogen) atoms. The predicted octanol–water partition coefficient (Wildman–Crippen LogP) is 0.0538. The number of hydrogen-bond donors (Lipinski definition) is 2. The van der Waals surface area contributed by atoms with Gasteiger partial charge in [0.1, 0.15) is 6.54 Å². The number of esters is 1. The van der Waals surface area contributed by atoms with Crippen LogP contribution in [-0.2, 0) is 14.3 Å². The van der Waals surface area contributed by atoms with Crippen molar-refractivity contribution in [3.05, 3.63) is 0 Å². The minimum absolute atomic E-state index is 0.0659. The Hall–Kier alpha value is -1.10. The molecular weight excluding hydrogens is 208 g/mol. The Labute approximate surface area is 95.9 Å². The summed E-state index contributed by atoms with van der Waals surface area (Å²) in [5.74, 6) is -0.558. The lowest BCUT2D eigenvalue weighted by atomic mass is 9.77. The fourth-order valence-corrected chi connectivity index (χ4v) is 1.99. The first kappa shape index (κ1) is 13.0. The van der Waals surface area contributed by atoms with Crippen LogP contribution in [0.1, 0.15) is 26.7 Å². The number of hydrogen-bond acceptors (Lipinski definition) is 4. The number of methoxy groups -OCH3 is 1. The molecule has 2 N–H and O–H groups in total. The van der Waals surface area contributed by atoms with Crippen LogP contribution >= 0.6 is 0 Å². The fourth-order valence-electron chi connectivity index (χ4n) is 1.99. The van der Waals surface area contributed by atoms with E-state index in [1.807, 2.05) is 0 Å². The molecule has 0 aliphatic carbocycles. The van der Waals surface area contributed by atoms with Crippen molar-refractivity contribution in [2.75, 3.05) is 20.2 Å². The number of piperidine rings is 1. The van der Waals surface area contributed by atoms with E-state index in [-0.39, 0.29) is 23.9 Å². The van der Waals surface area contributed by atoms with Crippen molar-refractivity contribution >= 4 is 11.9 Å². The summed E-state index contributed by atoms with van der Waals surface area (Å²) in [4.78, 5) is 22.8. The normalized spacial score (nSPS) is 23.6. The average Bonchev–Trinajstić information content (AvgIpc) is 2.24. The van der Waals surface area contributed by atoms with Crippen LogP contribution in [0.15, 0.2) is 0 Å². The average molecular weight is 228 g/mol. The third kappa shape index (κ3) is 3.20. The third-order valence-electron chi connectivity index (χ3n) is 3.02. The second kappa shape index (κ2) is 5.30. The van der Waals surface area contributed by atoms with Crippen LogP contribution < -0.4 is 10.6 Å². The van der Waals surface area contributed by atoms with E-state index >= 15 is 0 Å². The van der Waals surface area contributed by atoms with Crippen LogP contribution in [0.2, 0.25) is 0 Å². The van der Waals surface area contributed by atoms with Crippen molar-refractivity contribution in [1.29, 1.82) is 0 Å². The van der Waals surface area contributed by atoms with Crippen molar-refractivity contribution in [3.8, 4) is 0 Å². The molecule has 1 atom stereocenters. The fraction of sp³-hybridized carbons (Fsp3) is 0.818. The van der Waals surface area contributed by atoms with Gasteiger partial charge in [-0.25, -0.2) is 0 Å². The zero-order valence-corrected chi connectivity index (χ0v) is 10.1. The molecule has 0 bridgehead atoms. The Morgan fingerprint density at radius 1 is 1.50 bits per heavy atom. The van der Waals surface area contributed by atoms with Crippen LogP contribution in [0.25, 0.3) is 0 Å². The van der Waals surface area contributed by atoms with Gasteiger partial charge in [-0.15, -0.1) is 0 Å². The Balaban J connectivity index is 2.49. The van der Waals surface area contributed by atoms with E-state index in [1.54, 1.807) is 0 Å². The molecular formula is C11H20N2O3. The Kier molecular flexibility index (Phi) is 4.29. The molecule has 5 nitrogen and oxygen atoms in total. The van der Waals surface area contributed by atoms with Crippen molar-refractivity contribution in [3.63, 3.8) is 0 Å². The van der Waals surface area contributed by atoms with Gasteiger partial charge in [-0.3, -0.25) is 9.59 Å². The van der Waals surface area contributed by atoms with E-state index in [4.69, 9.17) is 0 Å². The molecule has 1 saturated heterocycles. The van der Waals surface area contributed by atoms with Crippen LogP contribution in [0.4, 0.5) is 0 Å². The van der Waals surface area contributed by atoms with E-state index in [1.165, 1.54) is 7.11 Å². The Morgan fingerprint density at radius 3 is 2.75 bits per heavy atom. The molecule has 0 radical (unpaired) electrons. The minimum Gasteiger partial charge on any atom is -0.468 e. The van der Waals surface area contributed by atoms with E-state index < -0.39 is 5.97 Å². The van der Waals surface area contributed by atoms with Crippen LogP contribution in [0.5, 0.6) is 0 Å². The van der Waals surface area contributed by atoms with E-state index in [9.17, 15) is 9.59 Å². The maximum absolute atomic E-state index is 11.9. The molecule has 1 aliphatic heterocycles. The second-order valence-electron chi connectivity index (χ2n) is 4.77. The highest BCUT2D eigenvalue weighted by Gasteiger charge is 2.36. The van der Waals surface area contributed by atoms with Gasteiger partial charge in [-0.05, 0) is 24.8 Å². The molecule has 1 aliphatic rings. The zero-order chi connectivity index (χ0) is 12.2. The van der Waals surface area contributed by atoms with Gasteiger partial charge in [0.15, 0.2) is 0 Å². The number of ether oxygens (including phenoxy) is 1. The maximum atomic E-state index is 11.9. The van der Waals surface area contributed by atoms with E-state index in [0.717, 1.165) is 19.4 Å². The van der Waals surface area contributed by atoms with Gasteiger partial charge < -0.3 is 15.4 Å². The Morgan fingerprint density at radius 2 is 2.19 bits per heavy atom. The summed E-state index contributed by atoms with van der Waals surface area (Å²) in [5.41, 5.74) is -0.0710. The van der Waals surface area contributed by atoms with Gasteiger partial charge in [0, 0.05) is 0 Å². The summed E-state index contributed by atoms with van der Waals surface area (Å²) in [6.07, 6.45) is 2.09. The highest BCUT2D eigenvalue weighted by atomic mass is 16.5. The van der Waals surface area contributed by atoms with Crippen molar-refractivity contribution in [2.24, 2.45) is 5.41 Å². The van der Waals surface area contributed by atoms with Crippen molar-refractivity contribution in [1.82, 2.24) is 10.6 Å². The largest absolute Gasteiger partial charge is 0.468 e. The molecule has 1 unspecified atom stereocenters. The lowest BCUT2D eigenvalue weighted by molar-refractivity contribution is -0.141. The molecule has 0 aromatic carbocycles. The summed E-state index contributed by atoms with van der Waals surface area (Å²) in [5, 5.41) is 5.77. The second-order valence-corrected chi connectivity index (χ2v) is 4.77. The number of carbonyl (C=O) groups is 2. The predicted molar refractivity (Wildman–Crippen MR) is 59.8 cm³/mol. The van der Waals surface area contributed by atoms with Gasteiger partial charge in [0.25, 0.3) is 0 Å². The monoisotopic (exact) mass is 228 g/mol. The first-order valence-corrected chi connectivity index (χ1v) is 5.55. The first-order valence-electron chi connectivity index (χ1n) is 5.55. The van der Waals surface area contributed by atoms with E-state index in [2.05, 4.69) is 29.2 Å². The number of rotatable bonds is 3. The highest BCUT2D eigenvalue weighted by Crippen LogP contribution is 2.29. The third-order valence-corrected chi connectivity index (χ3v) is 3.02. The van der Waals surface area contributed by atoms with Crippen LogP contribution in [0.3, 0.4) is 0 Å². The Bertz CT molecular complexity index is 276. The molecule has 0 saturated carbocycles. The van der Waals surface area contributed by atoms with Crippen LogP contribution in [0, 0.1) is 5.41 Å². The molecule has 0 aromatic rings. The topological polar surface area (TPSA) is 67.4 Å². The lowest BCUT2D eigenvalue weighted by Crippen LogP contribution is -2.56. The highest BCUT2D eigenvalue weighted by molar-refractivity contribution is 5.86. The number of nitrogens with one attached hydrogen (secondary N) is 2. The molecule has 1 amide bonds. The molecule has 0 spiro atoms. The molecule has 5 heteroatoms. The number of carbonyl (C=O) groups excluding carboxylic acids is 2. The van der Waals surface area contributed by atoms with Crippen LogP contribution in [-0.4, -0.2) is 38.1 Å². The smallest absolute Gasteiger partial charge is 0.325 e. The van der Waals surface area contributed by atoms with Crippen molar-refractivity contribution < 1.29 is 14.3 Å². The summed E-state index contributed by atoms with van der Waals surface area (Å²) in [7, 11) is 1.30. The summed E-state index contributed by atoms with van der Waals surface area (Å²) in [6.45, 7) is 4.90. The standard InChI is InChI=1S/C11H20N2O3/c1-11(2)5-4-6-12-9(11)10(15)13-7-8(14)16-3/h9,12H,4-7H2,1-3H3,(H,13,15). The lowest BCUT2D eigenvalue weighted by Gasteiger charge is -2.38. The van der Waals surface area contributed by atoms with Gasteiger partial charge in [-0.1, -0.05) is 13.8 Å². The van der Waals surface area contributed by atoms with Gasteiger partial charge >= 0.3 is 5.97 Å². The molecule has 1 rings (SSSR count). The quantitative estimate of drug-likeness (QED) is 0.670. The van der Waals surface area contributed by atoms with E-state index in [0.29, 0.717) is 0 Å². The van der Waals surface area contributed by atoms with Gasteiger partial charge in [0.05, 0.1) is 13.2 Å². The van der Waals surface area contributed by atoms with Gasteiger partial charge in [-0.2, -0.15) is 0 Å². The van der Waals surface area contributed by atoms with Crippen molar-refractivity contribution in [2.45, 2.75) is 32.7 Å². The maximum Gasteiger partial charge on any atom is 0.325 e. The summed E-state index contributed by atoms with van der Waals surface area (Å²) in [6, 6.07) is -0.231. The molecule has 1 heterocycles.